The maximum atomic E-state index is 12.5. The van der Waals surface area contributed by atoms with E-state index in [1.807, 2.05) is 0 Å². The van der Waals surface area contributed by atoms with Gasteiger partial charge in [0.15, 0.2) is 0 Å². The van der Waals surface area contributed by atoms with Gasteiger partial charge in [-0.2, -0.15) is 4.31 Å². The van der Waals surface area contributed by atoms with Gasteiger partial charge in [-0.05, 0) is 18.2 Å². The van der Waals surface area contributed by atoms with E-state index in [-0.39, 0.29) is 28.9 Å². The van der Waals surface area contributed by atoms with Crippen LogP contribution >= 0.6 is 11.6 Å². The molecule has 1 heterocycles. The molecular weight excluding hydrogens is 330 g/mol. The van der Waals surface area contributed by atoms with E-state index in [0.29, 0.717) is 25.2 Å². The number of rotatable bonds is 4. The van der Waals surface area contributed by atoms with Crippen molar-refractivity contribution in [2.24, 2.45) is 0 Å². The number of nitrogens with one attached hydrogen (secondary N) is 1. The normalized spacial score (nSPS) is 16.4. The first-order valence-electron chi connectivity index (χ1n) is 6.61. The highest BCUT2D eigenvalue weighted by molar-refractivity contribution is 7.89. The third-order valence-electron chi connectivity index (χ3n) is 3.31. The predicted octanol–water partition coefficient (Wildman–Crippen LogP) is 0.761. The second-order valence-corrected chi connectivity index (χ2v) is 7.21. The molecule has 1 aromatic carbocycles. The first-order chi connectivity index (χ1) is 10.3. The van der Waals surface area contributed by atoms with E-state index in [4.69, 9.17) is 11.6 Å². The fraction of sp³-hybridized carbons (Fsp3) is 0.385. The van der Waals surface area contributed by atoms with Crippen LogP contribution in [0.15, 0.2) is 23.1 Å². The molecule has 120 valence electrons. The lowest BCUT2D eigenvalue weighted by molar-refractivity contribution is -0.119. The third-order valence-corrected chi connectivity index (χ3v) is 5.52. The fourth-order valence-corrected chi connectivity index (χ4v) is 3.89. The van der Waals surface area contributed by atoms with E-state index in [0.717, 1.165) is 0 Å². The molecule has 22 heavy (non-hydrogen) atoms. The molecule has 0 radical (unpaired) electrons. The minimum absolute atomic E-state index is 0.0613. The predicted molar refractivity (Wildman–Crippen MR) is 82.2 cm³/mol. The monoisotopic (exact) mass is 345 g/mol. The lowest BCUT2D eigenvalue weighted by Gasteiger charge is -2.31. The molecule has 7 nitrogen and oxygen atoms in total. The smallest absolute Gasteiger partial charge is 0.243 e. The molecular formula is C13H16ClN3O4S. The second-order valence-electron chi connectivity index (χ2n) is 4.87. The minimum atomic E-state index is -3.67. The van der Waals surface area contributed by atoms with Crippen molar-refractivity contribution in [1.82, 2.24) is 9.21 Å². The highest BCUT2D eigenvalue weighted by Crippen LogP contribution is 2.27. The van der Waals surface area contributed by atoms with E-state index < -0.39 is 10.0 Å². The molecule has 9 heteroatoms. The molecule has 0 bridgehead atoms. The summed E-state index contributed by atoms with van der Waals surface area (Å²) in [5.41, 5.74) is 0.360. The van der Waals surface area contributed by atoms with Crippen molar-refractivity contribution in [2.45, 2.75) is 11.8 Å². The SMILES string of the molecule is CC(=O)Nc1ccc(S(=O)(=O)N2CCN(C=O)CC2)cc1Cl. The maximum absolute atomic E-state index is 12.5. The zero-order chi connectivity index (χ0) is 16.3. The summed E-state index contributed by atoms with van der Waals surface area (Å²) in [6, 6.07) is 4.17. The number of hydrogen-bond acceptors (Lipinski definition) is 4. The number of carbonyl (C=O) groups is 2. The van der Waals surface area contributed by atoms with Gasteiger partial charge in [0.2, 0.25) is 22.3 Å². The van der Waals surface area contributed by atoms with Crippen molar-refractivity contribution in [3.05, 3.63) is 23.2 Å². The Bertz CT molecular complexity index is 685. The number of anilines is 1. The van der Waals surface area contributed by atoms with Crippen LogP contribution in [0, 0.1) is 0 Å². The Morgan fingerprint density at radius 2 is 1.91 bits per heavy atom. The van der Waals surface area contributed by atoms with Crippen molar-refractivity contribution in [2.75, 3.05) is 31.5 Å². The number of halogens is 1. The summed E-state index contributed by atoms with van der Waals surface area (Å²) in [5.74, 6) is -0.289. The summed E-state index contributed by atoms with van der Waals surface area (Å²) < 4.78 is 26.4. The molecule has 1 aromatic rings. The maximum Gasteiger partial charge on any atom is 0.243 e. The fourth-order valence-electron chi connectivity index (χ4n) is 2.15. The second kappa shape index (κ2) is 6.64. The molecule has 1 aliphatic heterocycles. The Morgan fingerprint density at radius 1 is 1.27 bits per heavy atom. The van der Waals surface area contributed by atoms with Crippen LogP contribution in [0.5, 0.6) is 0 Å². The number of sulfonamides is 1. The van der Waals surface area contributed by atoms with Crippen molar-refractivity contribution in [3.63, 3.8) is 0 Å². The summed E-state index contributed by atoms with van der Waals surface area (Å²) in [6.45, 7) is 2.55. The zero-order valence-corrected chi connectivity index (χ0v) is 13.5. The van der Waals surface area contributed by atoms with E-state index in [1.54, 1.807) is 0 Å². The van der Waals surface area contributed by atoms with Crippen LogP contribution < -0.4 is 5.32 Å². The summed E-state index contributed by atoms with van der Waals surface area (Å²) in [4.78, 5) is 23.3. The summed E-state index contributed by atoms with van der Waals surface area (Å²) in [6.07, 6.45) is 0.711. The van der Waals surface area contributed by atoms with E-state index in [9.17, 15) is 18.0 Å². The lowest BCUT2D eigenvalue weighted by atomic mass is 10.3. The van der Waals surface area contributed by atoms with Crippen molar-refractivity contribution >= 4 is 39.6 Å². The van der Waals surface area contributed by atoms with Gasteiger partial charge < -0.3 is 10.2 Å². The van der Waals surface area contributed by atoms with Gasteiger partial charge in [-0.25, -0.2) is 8.42 Å². The number of carbonyl (C=O) groups excluding carboxylic acids is 2. The Morgan fingerprint density at radius 3 is 2.41 bits per heavy atom. The molecule has 2 amide bonds. The molecule has 1 N–H and O–H groups in total. The average Bonchev–Trinajstić information content (AvgIpc) is 2.49. The Kier molecular flexibility index (Phi) is 5.05. The largest absolute Gasteiger partial charge is 0.343 e. The molecule has 1 aliphatic rings. The topological polar surface area (TPSA) is 86.8 Å². The van der Waals surface area contributed by atoms with Crippen LogP contribution in [0.4, 0.5) is 5.69 Å². The Hall–Kier alpha value is -1.64. The standard InChI is InChI=1S/C13H16ClN3O4S/c1-10(19)15-13-3-2-11(8-12(13)14)22(20,21)17-6-4-16(9-18)5-7-17/h2-3,8-9H,4-7H2,1H3,(H,15,19). The zero-order valence-electron chi connectivity index (χ0n) is 12.0. The van der Waals surface area contributed by atoms with Gasteiger partial charge in [-0.3, -0.25) is 9.59 Å². The Labute approximate surface area is 133 Å². The first-order valence-corrected chi connectivity index (χ1v) is 8.43. The Balaban J connectivity index is 2.21. The van der Waals surface area contributed by atoms with Crippen LogP contribution in [0.2, 0.25) is 5.02 Å². The molecule has 1 saturated heterocycles. The van der Waals surface area contributed by atoms with Crippen LogP contribution in [0.1, 0.15) is 6.92 Å². The van der Waals surface area contributed by atoms with Gasteiger partial charge >= 0.3 is 0 Å². The van der Waals surface area contributed by atoms with E-state index in [2.05, 4.69) is 5.32 Å². The van der Waals surface area contributed by atoms with Gasteiger partial charge in [-0.1, -0.05) is 11.6 Å². The van der Waals surface area contributed by atoms with Crippen molar-refractivity contribution in [3.8, 4) is 0 Å². The molecule has 0 spiro atoms. The highest BCUT2D eigenvalue weighted by Gasteiger charge is 2.28. The molecule has 0 aromatic heterocycles. The van der Waals surface area contributed by atoms with Crippen LogP contribution in [-0.4, -0.2) is 56.1 Å². The van der Waals surface area contributed by atoms with Crippen LogP contribution in [0.3, 0.4) is 0 Å². The molecule has 2 rings (SSSR count). The molecule has 0 saturated carbocycles. The van der Waals surface area contributed by atoms with E-state index in [1.165, 1.54) is 34.3 Å². The van der Waals surface area contributed by atoms with Crippen molar-refractivity contribution < 1.29 is 18.0 Å². The number of benzene rings is 1. The summed E-state index contributed by atoms with van der Waals surface area (Å²) >= 11 is 6.01. The number of amides is 2. The number of hydrogen-bond donors (Lipinski definition) is 1. The summed E-state index contributed by atoms with van der Waals surface area (Å²) in [7, 11) is -3.67. The number of nitrogens with zero attached hydrogens (tertiary/aromatic N) is 2. The highest BCUT2D eigenvalue weighted by atomic mass is 35.5. The lowest BCUT2D eigenvalue weighted by Crippen LogP contribution is -2.47. The van der Waals surface area contributed by atoms with Gasteiger partial charge in [0.05, 0.1) is 15.6 Å². The molecule has 0 aliphatic carbocycles. The van der Waals surface area contributed by atoms with Gasteiger partial charge in [-0.15, -0.1) is 0 Å². The van der Waals surface area contributed by atoms with Gasteiger partial charge in [0.1, 0.15) is 0 Å². The van der Waals surface area contributed by atoms with Gasteiger partial charge in [0, 0.05) is 33.1 Å². The van der Waals surface area contributed by atoms with E-state index >= 15 is 0 Å². The van der Waals surface area contributed by atoms with Gasteiger partial charge in [0.25, 0.3) is 0 Å². The summed E-state index contributed by atoms with van der Waals surface area (Å²) in [5, 5.41) is 2.68. The van der Waals surface area contributed by atoms with Crippen LogP contribution in [-0.2, 0) is 19.6 Å². The molecule has 0 unspecified atom stereocenters. The van der Waals surface area contributed by atoms with Crippen molar-refractivity contribution in [1.29, 1.82) is 0 Å². The third kappa shape index (κ3) is 3.57. The quantitative estimate of drug-likeness (QED) is 0.816. The average molecular weight is 346 g/mol. The minimum Gasteiger partial charge on any atom is -0.343 e. The van der Waals surface area contributed by atoms with Crippen LogP contribution in [0.25, 0.3) is 0 Å². The molecule has 1 fully saturated rings. The number of piperazine rings is 1. The molecule has 0 atom stereocenters. The first kappa shape index (κ1) is 16.7.